The molecule has 0 saturated carbocycles. The highest BCUT2D eigenvalue weighted by molar-refractivity contribution is 5.99. The first-order valence-electron chi connectivity index (χ1n) is 11.9. The Morgan fingerprint density at radius 2 is 1.62 bits per heavy atom. The number of benzene rings is 3. The fourth-order valence-electron chi connectivity index (χ4n) is 6.90. The molecule has 1 saturated heterocycles. The molecule has 1 fully saturated rings. The van der Waals surface area contributed by atoms with Crippen LogP contribution < -0.4 is 0 Å². The van der Waals surface area contributed by atoms with E-state index in [0.717, 1.165) is 22.3 Å². The standard InChI is InChI=1S/C30H28O4/c1-15-10-12-19(14-17(15)3)24-20-8-6-7-9-22(20)30-26(24)21-13-11-16(2)18(4)23(21)27(30)25(28(31)33-5)29(32)34-30/h6-14,24-27H,1-5H3/t24-,25-,26+,27+,30?/m0/s1. The van der Waals surface area contributed by atoms with Crippen molar-refractivity contribution in [1.82, 2.24) is 0 Å². The van der Waals surface area contributed by atoms with Gasteiger partial charge in [-0.3, -0.25) is 9.59 Å². The van der Waals surface area contributed by atoms with Crippen LogP contribution in [0.4, 0.5) is 0 Å². The normalized spacial score (nSPS) is 28.1. The highest BCUT2D eigenvalue weighted by Crippen LogP contribution is 2.73. The van der Waals surface area contributed by atoms with E-state index < -0.39 is 29.4 Å². The molecule has 3 aromatic rings. The van der Waals surface area contributed by atoms with Crippen LogP contribution in [-0.4, -0.2) is 19.0 Å². The van der Waals surface area contributed by atoms with Crippen molar-refractivity contribution in [2.45, 2.75) is 51.0 Å². The van der Waals surface area contributed by atoms with E-state index in [-0.39, 0.29) is 11.8 Å². The van der Waals surface area contributed by atoms with Gasteiger partial charge in [0.25, 0.3) is 0 Å². The molecule has 0 bridgehead atoms. The summed E-state index contributed by atoms with van der Waals surface area (Å²) in [5.41, 5.74) is 9.48. The molecule has 4 heteroatoms. The molecule has 0 aromatic heterocycles. The molecule has 4 nitrogen and oxygen atoms in total. The van der Waals surface area contributed by atoms with Gasteiger partial charge in [0.1, 0.15) is 0 Å². The summed E-state index contributed by atoms with van der Waals surface area (Å²) in [5.74, 6) is -2.48. The predicted octanol–water partition coefficient (Wildman–Crippen LogP) is 5.49. The summed E-state index contributed by atoms with van der Waals surface area (Å²) in [7, 11) is 1.34. The molecule has 1 spiro atoms. The Bertz CT molecular complexity index is 1390. The summed E-state index contributed by atoms with van der Waals surface area (Å²) in [4.78, 5) is 26.3. The maximum atomic E-state index is 13.4. The number of aryl methyl sites for hydroxylation is 3. The molecule has 5 atom stereocenters. The molecule has 3 aliphatic rings. The van der Waals surface area contributed by atoms with E-state index in [1.54, 1.807) is 0 Å². The molecular formula is C30H28O4. The lowest BCUT2D eigenvalue weighted by Gasteiger charge is -2.32. The summed E-state index contributed by atoms with van der Waals surface area (Å²) < 4.78 is 11.5. The van der Waals surface area contributed by atoms with E-state index in [2.05, 4.69) is 76.2 Å². The number of hydrogen-bond acceptors (Lipinski definition) is 4. The summed E-state index contributed by atoms with van der Waals surface area (Å²) in [5, 5.41) is 0. The Morgan fingerprint density at radius 3 is 2.35 bits per heavy atom. The van der Waals surface area contributed by atoms with Crippen LogP contribution in [0, 0.1) is 33.6 Å². The van der Waals surface area contributed by atoms with Gasteiger partial charge in [0.15, 0.2) is 11.5 Å². The Hall–Kier alpha value is -3.40. The molecule has 2 aliphatic carbocycles. The number of rotatable bonds is 2. The van der Waals surface area contributed by atoms with Crippen LogP contribution >= 0.6 is 0 Å². The van der Waals surface area contributed by atoms with Crippen LogP contribution in [0.2, 0.25) is 0 Å². The van der Waals surface area contributed by atoms with Gasteiger partial charge in [-0.1, -0.05) is 54.6 Å². The van der Waals surface area contributed by atoms with E-state index in [0.29, 0.717) is 0 Å². The predicted molar refractivity (Wildman–Crippen MR) is 129 cm³/mol. The average Bonchev–Trinajstić information content (AvgIpc) is 3.38. The summed E-state index contributed by atoms with van der Waals surface area (Å²) in [6.07, 6.45) is 0. The average molecular weight is 453 g/mol. The molecule has 0 radical (unpaired) electrons. The van der Waals surface area contributed by atoms with Gasteiger partial charge >= 0.3 is 11.9 Å². The van der Waals surface area contributed by atoms with E-state index >= 15 is 0 Å². The SMILES string of the molecule is COC(=O)[C@H]1C(=O)OC23c4ccccc4[C@H](c4ccc(C)c(C)c4)[C@H]2c2ccc(C)c(C)c2[C@H]13. The zero-order valence-electron chi connectivity index (χ0n) is 20.1. The van der Waals surface area contributed by atoms with E-state index in [1.165, 1.54) is 34.9 Å². The van der Waals surface area contributed by atoms with Crippen LogP contribution in [0.5, 0.6) is 0 Å². The molecule has 34 heavy (non-hydrogen) atoms. The van der Waals surface area contributed by atoms with Gasteiger partial charge in [-0.2, -0.15) is 0 Å². The van der Waals surface area contributed by atoms with Crippen molar-refractivity contribution in [3.63, 3.8) is 0 Å². The van der Waals surface area contributed by atoms with E-state index in [9.17, 15) is 9.59 Å². The third-order valence-corrected chi connectivity index (χ3v) is 8.64. The van der Waals surface area contributed by atoms with Crippen molar-refractivity contribution in [1.29, 1.82) is 0 Å². The number of ether oxygens (including phenoxy) is 2. The highest BCUT2D eigenvalue weighted by atomic mass is 16.6. The molecule has 1 heterocycles. The lowest BCUT2D eigenvalue weighted by molar-refractivity contribution is -0.158. The van der Waals surface area contributed by atoms with Crippen molar-refractivity contribution in [2.75, 3.05) is 7.11 Å². The minimum Gasteiger partial charge on any atom is -0.468 e. The minimum atomic E-state index is -0.971. The van der Waals surface area contributed by atoms with Crippen molar-refractivity contribution in [3.05, 3.63) is 105 Å². The maximum absolute atomic E-state index is 13.4. The number of carbonyl (C=O) groups is 2. The number of hydrogen-bond donors (Lipinski definition) is 0. The zero-order valence-corrected chi connectivity index (χ0v) is 20.1. The van der Waals surface area contributed by atoms with Gasteiger partial charge in [0, 0.05) is 17.4 Å². The van der Waals surface area contributed by atoms with E-state index in [4.69, 9.17) is 9.47 Å². The first-order valence-corrected chi connectivity index (χ1v) is 11.9. The Morgan fingerprint density at radius 1 is 0.882 bits per heavy atom. The first kappa shape index (κ1) is 21.2. The lowest BCUT2D eigenvalue weighted by Crippen LogP contribution is -2.33. The minimum absolute atomic E-state index is 0.0190. The second-order valence-corrected chi connectivity index (χ2v) is 10.1. The Balaban J connectivity index is 1.70. The second kappa shape index (κ2) is 7.05. The van der Waals surface area contributed by atoms with Gasteiger partial charge in [0.2, 0.25) is 0 Å². The molecule has 172 valence electrons. The lowest BCUT2D eigenvalue weighted by atomic mass is 9.74. The topological polar surface area (TPSA) is 52.6 Å². The Labute approximate surface area is 199 Å². The van der Waals surface area contributed by atoms with Crippen LogP contribution in [0.15, 0.2) is 54.6 Å². The number of esters is 2. The summed E-state index contributed by atoms with van der Waals surface area (Å²) in [6.45, 7) is 8.43. The monoisotopic (exact) mass is 452 g/mol. The fraction of sp³-hybridized carbons (Fsp3) is 0.333. The Kier molecular flexibility index (Phi) is 4.39. The largest absolute Gasteiger partial charge is 0.468 e. The smallest absolute Gasteiger partial charge is 0.322 e. The van der Waals surface area contributed by atoms with Crippen molar-refractivity contribution in [3.8, 4) is 0 Å². The molecule has 0 N–H and O–H groups in total. The van der Waals surface area contributed by atoms with E-state index in [1.807, 2.05) is 6.07 Å². The highest BCUT2D eigenvalue weighted by Gasteiger charge is 2.72. The summed E-state index contributed by atoms with van der Waals surface area (Å²) >= 11 is 0. The van der Waals surface area contributed by atoms with Crippen molar-refractivity contribution < 1.29 is 19.1 Å². The number of methoxy groups -OCH3 is 1. The van der Waals surface area contributed by atoms with Crippen LogP contribution in [0.25, 0.3) is 0 Å². The van der Waals surface area contributed by atoms with Crippen molar-refractivity contribution >= 4 is 11.9 Å². The quantitative estimate of drug-likeness (QED) is 0.381. The van der Waals surface area contributed by atoms with Gasteiger partial charge in [-0.05, 0) is 72.2 Å². The molecule has 6 rings (SSSR count). The van der Waals surface area contributed by atoms with Gasteiger partial charge in [-0.15, -0.1) is 0 Å². The molecule has 3 aromatic carbocycles. The van der Waals surface area contributed by atoms with Crippen LogP contribution in [0.1, 0.15) is 67.8 Å². The third kappa shape index (κ3) is 2.43. The fourth-order valence-corrected chi connectivity index (χ4v) is 6.90. The first-order chi connectivity index (χ1) is 16.3. The number of carbonyl (C=O) groups excluding carboxylic acids is 2. The van der Waals surface area contributed by atoms with Crippen molar-refractivity contribution in [2.24, 2.45) is 5.92 Å². The third-order valence-electron chi connectivity index (χ3n) is 8.64. The van der Waals surface area contributed by atoms with Crippen LogP contribution in [-0.2, 0) is 24.7 Å². The maximum Gasteiger partial charge on any atom is 0.322 e. The molecular weight excluding hydrogens is 424 g/mol. The molecule has 0 amide bonds. The van der Waals surface area contributed by atoms with Crippen LogP contribution in [0.3, 0.4) is 0 Å². The van der Waals surface area contributed by atoms with Gasteiger partial charge in [-0.25, -0.2) is 0 Å². The molecule has 1 unspecified atom stereocenters. The van der Waals surface area contributed by atoms with Gasteiger partial charge < -0.3 is 9.47 Å². The molecule has 1 aliphatic heterocycles. The summed E-state index contributed by atoms with van der Waals surface area (Å²) in [6, 6.07) is 19.3. The number of fused-ring (bicyclic) bond motifs is 4. The zero-order chi connectivity index (χ0) is 23.9. The second-order valence-electron chi connectivity index (χ2n) is 10.1. The van der Waals surface area contributed by atoms with Gasteiger partial charge in [0.05, 0.1) is 13.0 Å².